The predicted octanol–water partition coefficient (Wildman–Crippen LogP) is 0.744. The highest BCUT2D eigenvalue weighted by Gasteiger charge is 2.46. The first kappa shape index (κ1) is 14.0. The van der Waals surface area contributed by atoms with Crippen LogP contribution in [0.5, 0.6) is 0 Å². The molecule has 1 rings (SSSR count). The van der Waals surface area contributed by atoms with E-state index in [0.29, 0.717) is 6.42 Å². The molecule has 17 heavy (non-hydrogen) atoms. The van der Waals surface area contributed by atoms with Crippen LogP contribution in [0.3, 0.4) is 0 Å². The Hall–Kier alpha value is -1.10. The van der Waals surface area contributed by atoms with E-state index >= 15 is 0 Å². The smallest absolute Gasteiger partial charge is 0.324 e. The van der Waals surface area contributed by atoms with Gasteiger partial charge in [-0.25, -0.2) is 0 Å². The summed E-state index contributed by atoms with van der Waals surface area (Å²) in [4.78, 5) is 23.0. The van der Waals surface area contributed by atoms with Crippen molar-refractivity contribution >= 4 is 11.9 Å². The number of carbonyl (C=O) groups is 2. The van der Waals surface area contributed by atoms with E-state index in [-0.39, 0.29) is 11.8 Å². The number of carboxylic acids is 1. The number of hydrogen-bond acceptors (Lipinski definition) is 3. The molecule has 1 aliphatic rings. The molecule has 0 heterocycles. The molecule has 98 valence electrons. The molecule has 0 aromatic carbocycles. The molecule has 3 atom stereocenters. The van der Waals surface area contributed by atoms with Gasteiger partial charge in [-0.3, -0.25) is 14.9 Å². The zero-order valence-electron chi connectivity index (χ0n) is 10.7. The minimum Gasteiger partial charge on any atom is -0.480 e. The van der Waals surface area contributed by atoms with Crippen molar-refractivity contribution in [1.82, 2.24) is 10.6 Å². The first-order chi connectivity index (χ1) is 7.94. The van der Waals surface area contributed by atoms with Gasteiger partial charge in [0.1, 0.15) is 5.54 Å². The van der Waals surface area contributed by atoms with Crippen LogP contribution in [0.4, 0.5) is 0 Å². The van der Waals surface area contributed by atoms with Gasteiger partial charge >= 0.3 is 5.97 Å². The number of rotatable bonds is 4. The molecular weight excluding hydrogens is 220 g/mol. The van der Waals surface area contributed by atoms with Crippen molar-refractivity contribution in [2.45, 2.75) is 51.1 Å². The van der Waals surface area contributed by atoms with Crippen LogP contribution in [0.15, 0.2) is 0 Å². The molecule has 1 saturated carbocycles. The van der Waals surface area contributed by atoms with Crippen LogP contribution >= 0.6 is 0 Å². The number of hydrogen-bond donors (Lipinski definition) is 3. The Morgan fingerprint density at radius 3 is 2.53 bits per heavy atom. The molecule has 0 bridgehead atoms. The molecule has 0 spiro atoms. The normalized spacial score (nSPS) is 30.6. The Kier molecular flexibility index (Phi) is 4.51. The van der Waals surface area contributed by atoms with Gasteiger partial charge in [0.25, 0.3) is 0 Å². The highest BCUT2D eigenvalue weighted by atomic mass is 16.4. The fourth-order valence-electron chi connectivity index (χ4n) is 2.61. The van der Waals surface area contributed by atoms with E-state index in [1.165, 1.54) is 0 Å². The number of carbonyl (C=O) groups excluding carboxylic acids is 1. The van der Waals surface area contributed by atoms with Crippen LogP contribution < -0.4 is 10.6 Å². The molecule has 0 saturated heterocycles. The van der Waals surface area contributed by atoms with E-state index in [4.69, 9.17) is 0 Å². The largest absolute Gasteiger partial charge is 0.480 e. The molecule has 0 aromatic rings. The highest BCUT2D eigenvalue weighted by Crippen LogP contribution is 2.34. The summed E-state index contributed by atoms with van der Waals surface area (Å²) in [5.41, 5.74) is -0.954. The number of nitrogens with one attached hydrogen (secondary N) is 2. The quantitative estimate of drug-likeness (QED) is 0.679. The summed E-state index contributed by atoms with van der Waals surface area (Å²) in [6, 6.07) is -0.489. The first-order valence-electron chi connectivity index (χ1n) is 6.16. The molecule has 1 aliphatic carbocycles. The van der Waals surface area contributed by atoms with Gasteiger partial charge in [0.05, 0.1) is 6.04 Å². The average Bonchev–Trinajstić information content (AvgIpc) is 2.30. The van der Waals surface area contributed by atoms with Gasteiger partial charge in [-0.1, -0.05) is 19.8 Å². The fraction of sp³-hybridized carbons (Fsp3) is 0.833. The molecule has 0 aliphatic heterocycles. The molecule has 0 aromatic heterocycles. The van der Waals surface area contributed by atoms with E-state index in [2.05, 4.69) is 10.6 Å². The minimum absolute atomic E-state index is 0.0425. The van der Waals surface area contributed by atoms with Crippen LogP contribution in [0, 0.1) is 5.92 Å². The Morgan fingerprint density at radius 1 is 1.41 bits per heavy atom. The zero-order chi connectivity index (χ0) is 13.1. The van der Waals surface area contributed by atoms with Crippen LogP contribution in [0.25, 0.3) is 0 Å². The molecular formula is C12H22N2O3. The monoisotopic (exact) mass is 242 g/mol. The summed E-state index contributed by atoms with van der Waals surface area (Å²) < 4.78 is 0. The lowest BCUT2D eigenvalue weighted by molar-refractivity contribution is -0.149. The van der Waals surface area contributed by atoms with E-state index in [0.717, 1.165) is 19.3 Å². The van der Waals surface area contributed by atoms with Crippen molar-refractivity contribution in [3.63, 3.8) is 0 Å². The second-order valence-corrected chi connectivity index (χ2v) is 4.90. The number of likely N-dealkylation sites (N-methyl/N-ethyl adjacent to an activating group) is 1. The standard InChI is InChI=1S/C12H22N2O3/c1-8-6-4-5-7-12(8,11(16)17)14-9(2)10(15)13-3/h8-9,14H,4-7H2,1-3H3,(H,13,15)(H,16,17). The van der Waals surface area contributed by atoms with Crippen molar-refractivity contribution in [3.05, 3.63) is 0 Å². The topological polar surface area (TPSA) is 78.4 Å². The van der Waals surface area contributed by atoms with E-state index < -0.39 is 17.6 Å². The van der Waals surface area contributed by atoms with Gasteiger partial charge in [-0.05, 0) is 25.7 Å². The predicted molar refractivity (Wildman–Crippen MR) is 64.7 cm³/mol. The molecule has 1 fully saturated rings. The second kappa shape index (κ2) is 5.49. The maximum atomic E-state index is 11.5. The summed E-state index contributed by atoms with van der Waals surface area (Å²) in [6.45, 7) is 3.64. The van der Waals surface area contributed by atoms with Crippen LogP contribution in [-0.2, 0) is 9.59 Å². The molecule has 5 nitrogen and oxygen atoms in total. The third-order valence-electron chi connectivity index (χ3n) is 3.79. The lowest BCUT2D eigenvalue weighted by Gasteiger charge is -2.41. The van der Waals surface area contributed by atoms with Crippen LogP contribution in [-0.4, -0.2) is 35.6 Å². The Bertz CT molecular complexity index is 306. The van der Waals surface area contributed by atoms with Crippen LogP contribution in [0.1, 0.15) is 39.5 Å². The van der Waals surface area contributed by atoms with E-state index in [1.807, 2.05) is 6.92 Å². The summed E-state index contributed by atoms with van der Waals surface area (Å²) in [7, 11) is 1.55. The Morgan fingerprint density at radius 2 is 2.06 bits per heavy atom. The van der Waals surface area contributed by atoms with E-state index in [9.17, 15) is 14.7 Å². The van der Waals surface area contributed by atoms with Crippen molar-refractivity contribution < 1.29 is 14.7 Å². The summed E-state index contributed by atoms with van der Waals surface area (Å²) in [5, 5.41) is 15.0. The second-order valence-electron chi connectivity index (χ2n) is 4.90. The SMILES string of the molecule is CNC(=O)C(C)NC1(C(=O)O)CCCCC1C. The van der Waals surface area contributed by atoms with Gasteiger partial charge in [-0.2, -0.15) is 0 Å². The lowest BCUT2D eigenvalue weighted by atomic mass is 9.73. The Labute approximate surface area is 102 Å². The maximum absolute atomic E-state index is 11.5. The molecule has 3 unspecified atom stereocenters. The maximum Gasteiger partial charge on any atom is 0.324 e. The average molecular weight is 242 g/mol. The van der Waals surface area contributed by atoms with Gasteiger partial charge in [0.15, 0.2) is 0 Å². The minimum atomic E-state index is -0.954. The number of carboxylic acid groups (broad SMARTS) is 1. The number of amides is 1. The summed E-state index contributed by atoms with van der Waals surface area (Å²) >= 11 is 0. The third-order valence-corrected chi connectivity index (χ3v) is 3.79. The lowest BCUT2D eigenvalue weighted by Crippen LogP contribution is -2.62. The Balaban J connectivity index is 2.85. The molecule has 3 N–H and O–H groups in total. The molecule has 5 heteroatoms. The van der Waals surface area contributed by atoms with Gasteiger partial charge < -0.3 is 10.4 Å². The summed E-state index contributed by atoms with van der Waals surface area (Å²) in [6.07, 6.45) is 3.43. The van der Waals surface area contributed by atoms with Gasteiger partial charge in [-0.15, -0.1) is 0 Å². The van der Waals surface area contributed by atoms with Crippen LogP contribution in [0.2, 0.25) is 0 Å². The highest BCUT2D eigenvalue weighted by molar-refractivity contribution is 5.84. The van der Waals surface area contributed by atoms with Crippen molar-refractivity contribution in [2.75, 3.05) is 7.05 Å². The molecule has 1 amide bonds. The zero-order valence-corrected chi connectivity index (χ0v) is 10.7. The van der Waals surface area contributed by atoms with Crippen molar-refractivity contribution in [1.29, 1.82) is 0 Å². The first-order valence-corrected chi connectivity index (χ1v) is 6.16. The van der Waals surface area contributed by atoms with Crippen molar-refractivity contribution in [3.8, 4) is 0 Å². The fourth-order valence-corrected chi connectivity index (χ4v) is 2.61. The van der Waals surface area contributed by atoms with E-state index in [1.54, 1.807) is 14.0 Å². The molecule has 0 radical (unpaired) electrons. The van der Waals surface area contributed by atoms with Gasteiger partial charge in [0.2, 0.25) is 5.91 Å². The number of aliphatic carboxylic acids is 1. The van der Waals surface area contributed by atoms with Crippen molar-refractivity contribution in [2.24, 2.45) is 5.92 Å². The third kappa shape index (κ3) is 2.77. The van der Waals surface area contributed by atoms with Gasteiger partial charge in [0, 0.05) is 7.05 Å². The summed E-state index contributed by atoms with van der Waals surface area (Å²) in [5.74, 6) is -0.982.